The maximum Gasteiger partial charge on any atom is 0.158 e. The number of aromatic nitrogens is 2. The lowest BCUT2D eigenvalue weighted by Crippen LogP contribution is -2.05. The van der Waals surface area contributed by atoms with Gasteiger partial charge in [-0.2, -0.15) is 0 Å². The molecule has 2 aromatic rings. The molecule has 0 aliphatic rings. The molecule has 1 aromatic carbocycles. The Morgan fingerprint density at radius 1 is 1.55 bits per heavy atom. The molecule has 0 saturated heterocycles. The maximum atomic E-state index is 14.3. The zero-order chi connectivity index (χ0) is 14.7. The predicted octanol–water partition coefficient (Wildman–Crippen LogP) is 2.98. The van der Waals surface area contributed by atoms with Crippen LogP contribution in [0.5, 0.6) is 5.75 Å². The van der Waals surface area contributed by atoms with Crippen molar-refractivity contribution >= 4 is 34.2 Å². The molecule has 2 rings (SSSR count). The molecule has 0 amide bonds. The number of nitrogens with zero attached hydrogens (tertiary/aromatic N) is 3. The molecule has 20 heavy (non-hydrogen) atoms. The number of hydrogen-bond acceptors (Lipinski definition) is 4. The summed E-state index contributed by atoms with van der Waals surface area (Å²) in [6.45, 7) is 0. The first-order valence-corrected chi connectivity index (χ1v) is 7.11. The van der Waals surface area contributed by atoms with Gasteiger partial charge in [0.15, 0.2) is 11.0 Å². The van der Waals surface area contributed by atoms with Crippen LogP contribution < -0.4 is 10.5 Å². The molecule has 106 valence electrons. The minimum absolute atomic E-state index is 0.216. The number of amidine groups is 1. The molecule has 0 radical (unpaired) electrons. The van der Waals surface area contributed by atoms with Crippen LogP contribution >= 0.6 is 23.4 Å². The molecular weight excluding hydrogens is 303 g/mol. The second kappa shape index (κ2) is 6.15. The average molecular weight is 315 g/mol. The minimum Gasteiger partial charge on any atom is -0.494 e. The number of thioether (sulfide) groups is 1. The third-order valence-electron chi connectivity index (χ3n) is 2.49. The van der Waals surface area contributed by atoms with Gasteiger partial charge in [-0.3, -0.25) is 4.57 Å². The lowest BCUT2D eigenvalue weighted by Gasteiger charge is -2.11. The Labute approximate surface area is 124 Å². The summed E-state index contributed by atoms with van der Waals surface area (Å²) in [5.74, 6) is -0.196. The van der Waals surface area contributed by atoms with Crippen LogP contribution in [-0.2, 0) is 0 Å². The van der Waals surface area contributed by atoms with Gasteiger partial charge in [0.1, 0.15) is 22.9 Å². The quantitative estimate of drug-likeness (QED) is 0.698. The summed E-state index contributed by atoms with van der Waals surface area (Å²) in [7, 11) is 1.45. The van der Waals surface area contributed by atoms with E-state index in [1.165, 1.54) is 42.0 Å². The summed E-state index contributed by atoms with van der Waals surface area (Å²) in [4.78, 5) is 7.92. The van der Waals surface area contributed by atoms with Crippen LogP contribution in [0.2, 0.25) is 5.15 Å². The third-order valence-corrected chi connectivity index (χ3v) is 3.20. The largest absolute Gasteiger partial charge is 0.494 e. The fourth-order valence-corrected chi connectivity index (χ4v) is 1.97. The number of halogens is 2. The summed E-state index contributed by atoms with van der Waals surface area (Å²) in [6.07, 6.45) is 4.68. The molecule has 2 N–H and O–H groups in total. The van der Waals surface area contributed by atoms with E-state index in [9.17, 15) is 4.39 Å². The molecule has 5 nitrogen and oxygen atoms in total. The number of nitrogens with two attached hydrogens (primary N) is 1. The van der Waals surface area contributed by atoms with E-state index in [-0.39, 0.29) is 10.8 Å². The molecule has 0 atom stereocenters. The van der Waals surface area contributed by atoms with Crippen LogP contribution in [0.1, 0.15) is 0 Å². The number of rotatable bonds is 3. The van der Waals surface area contributed by atoms with Crippen molar-refractivity contribution in [1.82, 2.24) is 9.55 Å². The van der Waals surface area contributed by atoms with E-state index in [0.717, 1.165) is 0 Å². The first-order valence-electron chi connectivity index (χ1n) is 5.50. The lowest BCUT2D eigenvalue weighted by molar-refractivity contribution is 0.409. The van der Waals surface area contributed by atoms with E-state index in [1.807, 2.05) is 0 Å². The molecule has 0 saturated carbocycles. The van der Waals surface area contributed by atoms with Crippen LogP contribution in [0.25, 0.3) is 5.69 Å². The summed E-state index contributed by atoms with van der Waals surface area (Å²) in [5.41, 5.74) is 6.21. The number of aliphatic imine (C=N–C) groups is 1. The Hall–Kier alpha value is -1.73. The molecule has 0 spiro atoms. The van der Waals surface area contributed by atoms with Gasteiger partial charge in [0.2, 0.25) is 0 Å². The molecule has 0 fully saturated rings. The van der Waals surface area contributed by atoms with Gasteiger partial charge in [0.25, 0.3) is 0 Å². The second-order valence-electron chi connectivity index (χ2n) is 3.74. The highest BCUT2D eigenvalue weighted by atomic mass is 35.5. The van der Waals surface area contributed by atoms with Gasteiger partial charge in [-0.25, -0.2) is 14.4 Å². The lowest BCUT2D eigenvalue weighted by atomic mass is 10.2. The molecule has 0 unspecified atom stereocenters. The van der Waals surface area contributed by atoms with Gasteiger partial charge in [-0.05, 0) is 6.26 Å². The van der Waals surface area contributed by atoms with E-state index < -0.39 is 5.82 Å². The fraction of sp³-hybridized carbons (Fsp3) is 0.167. The topological polar surface area (TPSA) is 65.4 Å². The van der Waals surface area contributed by atoms with Gasteiger partial charge < -0.3 is 10.5 Å². The van der Waals surface area contributed by atoms with Gasteiger partial charge in [0.05, 0.1) is 12.8 Å². The summed E-state index contributed by atoms with van der Waals surface area (Å²) in [6, 6.07) is 2.87. The average Bonchev–Trinajstić information content (AvgIpc) is 2.83. The van der Waals surface area contributed by atoms with Crippen LogP contribution in [0.15, 0.2) is 29.6 Å². The highest BCUT2D eigenvalue weighted by Crippen LogP contribution is 2.32. The van der Waals surface area contributed by atoms with Crippen molar-refractivity contribution in [2.45, 2.75) is 0 Å². The summed E-state index contributed by atoms with van der Waals surface area (Å²) in [5, 5.41) is 0.602. The van der Waals surface area contributed by atoms with Crippen molar-refractivity contribution in [2.24, 2.45) is 10.7 Å². The monoisotopic (exact) mass is 314 g/mol. The number of benzene rings is 1. The van der Waals surface area contributed by atoms with E-state index in [2.05, 4.69) is 9.98 Å². The smallest absolute Gasteiger partial charge is 0.158 e. The predicted molar refractivity (Wildman–Crippen MR) is 79.9 cm³/mol. The van der Waals surface area contributed by atoms with E-state index in [0.29, 0.717) is 16.6 Å². The van der Waals surface area contributed by atoms with Crippen LogP contribution in [0, 0.1) is 5.82 Å². The Morgan fingerprint density at radius 3 is 2.85 bits per heavy atom. The van der Waals surface area contributed by atoms with Gasteiger partial charge >= 0.3 is 0 Å². The van der Waals surface area contributed by atoms with Crippen molar-refractivity contribution in [3.05, 3.63) is 35.6 Å². The van der Waals surface area contributed by atoms with E-state index in [1.54, 1.807) is 12.3 Å². The Morgan fingerprint density at radius 2 is 2.30 bits per heavy atom. The molecular formula is C12H12ClFN4OS. The van der Waals surface area contributed by atoms with Gasteiger partial charge in [-0.15, -0.1) is 0 Å². The number of imidazole rings is 1. The molecule has 8 heteroatoms. The first-order chi connectivity index (χ1) is 9.55. The van der Waals surface area contributed by atoms with Crippen molar-refractivity contribution in [3.63, 3.8) is 0 Å². The third kappa shape index (κ3) is 3.05. The molecule has 0 aliphatic carbocycles. The van der Waals surface area contributed by atoms with Crippen molar-refractivity contribution in [1.29, 1.82) is 0 Å². The van der Waals surface area contributed by atoms with Crippen LogP contribution in [0.3, 0.4) is 0 Å². The van der Waals surface area contributed by atoms with E-state index >= 15 is 0 Å². The van der Waals surface area contributed by atoms with Crippen molar-refractivity contribution < 1.29 is 9.13 Å². The van der Waals surface area contributed by atoms with Crippen molar-refractivity contribution in [3.8, 4) is 11.4 Å². The Balaban J connectivity index is 2.54. The van der Waals surface area contributed by atoms with Crippen LogP contribution in [0.4, 0.5) is 10.1 Å². The van der Waals surface area contributed by atoms with Gasteiger partial charge in [0, 0.05) is 18.3 Å². The SMILES string of the molecule is COc1cc(N=C(N)SC)cc(F)c1-n1cnc(Cl)c1. The molecule has 1 heterocycles. The first kappa shape index (κ1) is 14.7. The van der Waals surface area contributed by atoms with Crippen LogP contribution in [-0.4, -0.2) is 28.1 Å². The Bertz CT molecular complexity index is 659. The molecule has 0 bridgehead atoms. The fourth-order valence-electron chi connectivity index (χ4n) is 1.62. The minimum atomic E-state index is -0.508. The zero-order valence-electron chi connectivity index (χ0n) is 10.8. The molecule has 1 aromatic heterocycles. The highest BCUT2D eigenvalue weighted by molar-refractivity contribution is 8.13. The number of methoxy groups -OCH3 is 1. The summed E-state index contributed by atoms with van der Waals surface area (Å²) < 4.78 is 20.9. The standard InChI is InChI=1S/C12H12ClFN4OS/c1-19-9-4-7(17-12(15)20-2)3-8(14)11(9)18-5-10(13)16-6-18/h3-6H,1-2H3,(H2,15,17). The highest BCUT2D eigenvalue weighted by Gasteiger charge is 2.14. The maximum absolute atomic E-state index is 14.3. The normalized spacial score (nSPS) is 11.7. The molecule has 0 aliphatic heterocycles. The second-order valence-corrected chi connectivity index (χ2v) is 4.95. The number of ether oxygens (including phenoxy) is 1. The van der Waals surface area contributed by atoms with Gasteiger partial charge in [-0.1, -0.05) is 23.4 Å². The zero-order valence-corrected chi connectivity index (χ0v) is 12.4. The number of hydrogen-bond donors (Lipinski definition) is 1. The van der Waals surface area contributed by atoms with E-state index in [4.69, 9.17) is 22.1 Å². The summed E-state index contributed by atoms with van der Waals surface area (Å²) >= 11 is 7.02. The Kier molecular flexibility index (Phi) is 4.51. The van der Waals surface area contributed by atoms with Crippen molar-refractivity contribution in [2.75, 3.05) is 13.4 Å².